The zero-order valence-electron chi connectivity index (χ0n) is 11.2. The molecule has 0 saturated carbocycles. The first-order chi connectivity index (χ1) is 10.2. The molecule has 1 aromatic carbocycles. The summed E-state index contributed by atoms with van der Waals surface area (Å²) >= 11 is 7.48. The van der Waals surface area contributed by atoms with Crippen LogP contribution in [0.1, 0.15) is 0 Å². The quantitative estimate of drug-likeness (QED) is 0.545. The van der Waals surface area contributed by atoms with E-state index in [0.29, 0.717) is 0 Å². The highest BCUT2D eigenvalue weighted by Crippen LogP contribution is 2.35. The molecule has 0 bridgehead atoms. The largest absolute Gasteiger partial charge is 0.464 e. The molecule has 7 nitrogen and oxygen atoms in total. The van der Waals surface area contributed by atoms with Gasteiger partial charge in [0.25, 0.3) is 0 Å². The van der Waals surface area contributed by atoms with E-state index in [1.165, 1.54) is 7.11 Å². The Balaban J connectivity index is 2.44. The summed E-state index contributed by atoms with van der Waals surface area (Å²) in [6.07, 6.45) is -2.01. The number of carboxylic acid groups (broad SMARTS) is 1. The minimum atomic E-state index is -4.33. The first-order valence-corrected chi connectivity index (χ1v) is 8.75. The topological polar surface area (TPSA) is 87.2 Å². The number of rotatable bonds is 4. The molecule has 1 fully saturated rings. The summed E-state index contributed by atoms with van der Waals surface area (Å²) in [4.78, 5) is 11.4. The predicted octanol–water partition coefficient (Wildman–Crippen LogP) is 2.14. The second-order valence-corrected chi connectivity index (χ2v) is 7.66. The zero-order chi connectivity index (χ0) is 16.7. The molecule has 0 spiro atoms. The van der Waals surface area contributed by atoms with Gasteiger partial charge in [0.15, 0.2) is 0 Å². The number of amides is 1. The van der Waals surface area contributed by atoms with Crippen molar-refractivity contribution in [3.8, 4) is 0 Å². The molecule has 1 aliphatic rings. The molecule has 0 unspecified atom stereocenters. The molecule has 1 aromatic rings. The molecular weight excluding hydrogens is 454 g/mol. The van der Waals surface area contributed by atoms with Crippen LogP contribution in [0.4, 0.5) is 14.9 Å². The van der Waals surface area contributed by atoms with Crippen LogP contribution in [0.2, 0.25) is 5.02 Å². The summed E-state index contributed by atoms with van der Waals surface area (Å²) in [5.74, 6) is -0.666. The SMILES string of the molecule is COC1CN(S(=O)(=O)N(C(=O)O)c2ccc(F)c(I)c2Cl)C1. The van der Waals surface area contributed by atoms with Gasteiger partial charge < -0.3 is 9.84 Å². The number of hydrogen-bond donors (Lipinski definition) is 1. The van der Waals surface area contributed by atoms with Crippen molar-refractivity contribution < 1.29 is 27.4 Å². The summed E-state index contributed by atoms with van der Waals surface area (Å²) in [6.45, 7) is 0.0804. The Hall–Kier alpha value is -0.690. The van der Waals surface area contributed by atoms with Crippen molar-refractivity contribution in [3.05, 3.63) is 26.5 Å². The number of benzene rings is 1. The van der Waals surface area contributed by atoms with E-state index in [9.17, 15) is 22.7 Å². The van der Waals surface area contributed by atoms with Gasteiger partial charge in [-0.1, -0.05) is 11.6 Å². The van der Waals surface area contributed by atoms with Crippen LogP contribution >= 0.6 is 34.2 Å². The Labute approximate surface area is 144 Å². The fraction of sp³-hybridized carbons (Fsp3) is 0.364. The molecule has 1 heterocycles. The summed E-state index contributed by atoms with van der Waals surface area (Å²) in [5.41, 5.74) is -0.319. The van der Waals surface area contributed by atoms with Crippen molar-refractivity contribution >= 4 is 56.2 Å². The lowest BCUT2D eigenvalue weighted by Crippen LogP contribution is -2.59. The first-order valence-electron chi connectivity index (χ1n) is 5.89. The number of methoxy groups -OCH3 is 1. The van der Waals surface area contributed by atoms with Crippen LogP contribution in [-0.2, 0) is 14.9 Å². The molecule has 1 saturated heterocycles. The lowest BCUT2D eigenvalue weighted by atomic mass is 10.2. The lowest BCUT2D eigenvalue weighted by molar-refractivity contribution is 0.0124. The Morgan fingerprint density at radius 3 is 2.64 bits per heavy atom. The van der Waals surface area contributed by atoms with Crippen molar-refractivity contribution in [2.24, 2.45) is 0 Å². The fourth-order valence-electron chi connectivity index (χ4n) is 1.85. The Morgan fingerprint density at radius 2 is 2.14 bits per heavy atom. The van der Waals surface area contributed by atoms with Gasteiger partial charge in [-0.05, 0) is 34.7 Å². The number of carbonyl (C=O) groups is 1. The van der Waals surface area contributed by atoms with Crippen LogP contribution in [0, 0.1) is 9.39 Å². The number of halogens is 3. The van der Waals surface area contributed by atoms with Crippen LogP contribution in [-0.4, -0.2) is 50.2 Å². The zero-order valence-corrected chi connectivity index (χ0v) is 14.9. The van der Waals surface area contributed by atoms with Gasteiger partial charge in [-0.2, -0.15) is 17.0 Å². The minimum absolute atomic E-state index is 0.0402. The number of ether oxygens (including phenoxy) is 1. The third-order valence-corrected chi connectivity index (χ3v) is 6.63. The summed E-state index contributed by atoms with van der Waals surface area (Å²) in [7, 11) is -2.90. The van der Waals surface area contributed by atoms with Gasteiger partial charge in [0.05, 0.1) is 20.4 Å². The van der Waals surface area contributed by atoms with Crippen LogP contribution in [0.3, 0.4) is 0 Å². The maximum absolute atomic E-state index is 13.4. The van der Waals surface area contributed by atoms with Crippen molar-refractivity contribution in [2.45, 2.75) is 6.10 Å². The maximum atomic E-state index is 13.4. The summed E-state index contributed by atoms with van der Waals surface area (Å²) in [5, 5.41) is 8.99. The average Bonchev–Trinajstić information content (AvgIpc) is 2.37. The second-order valence-electron chi connectivity index (χ2n) is 4.42. The van der Waals surface area contributed by atoms with Gasteiger partial charge in [-0.25, -0.2) is 9.18 Å². The van der Waals surface area contributed by atoms with Crippen molar-refractivity contribution in [1.82, 2.24) is 4.31 Å². The van der Waals surface area contributed by atoms with Crippen molar-refractivity contribution in [2.75, 3.05) is 24.5 Å². The molecule has 0 atom stereocenters. The molecule has 1 aliphatic heterocycles. The average molecular weight is 465 g/mol. The molecule has 1 amide bonds. The highest BCUT2D eigenvalue weighted by atomic mass is 127. The van der Waals surface area contributed by atoms with E-state index in [1.807, 2.05) is 0 Å². The Bertz CT molecular complexity index is 711. The molecule has 22 heavy (non-hydrogen) atoms. The van der Waals surface area contributed by atoms with Crippen LogP contribution < -0.4 is 4.31 Å². The van der Waals surface area contributed by atoms with Gasteiger partial charge >= 0.3 is 16.3 Å². The molecule has 1 N–H and O–H groups in total. The third-order valence-electron chi connectivity index (χ3n) is 3.11. The van der Waals surface area contributed by atoms with E-state index in [2.05, 4.69) is 0 Å². The fourth-order valence-corrected chi connectivity index (χ4v) is 4.13. The molecule has 2 rings (SSSR count). The van der Waals surface area contributed by atoms with Gasteiger partial charge in [0, 0.05) is 20.2 Å². The smallest absolute Gasteiger partial charge is 0.426 e. The summed E-state index contributed by atoms with van der Waals surface area (Å²) < 4.78 is 44.3. The van der Waals surface area contributed by atoms with Crippen LogP contribution in [0.25, 0.3) is 0 Å². The summed E-state index contributed by atoms with van der Waals surface area (Å²) in [6, 6.07) is 1.97. The van der Waals surface area contributed by atoms with Gasteiger partial charge in [0.2, 0.25) is 0 Å². The predicted molar refractivity (Wildman–Crippen MR) is 85.9 cm³/mol. The van der Waals surface area contributed by atoms with E-state index < -0.39 is 22.1 Å². The van der Waals surface area contributed by atoms with E-state index >= 15 is 0 Å². The maximum Gasteiger partial charge on any atom is 0.426 e. The number of nitrogens with zero attached hydrogens (tertiary/aromatic N) is 2. The normalized spacial score (nSPS) is 16.4. The van der Waals surface area contributed by atoms with Gasteiger partial charge in [-0.15, -0.1) is 0 Å². The van der Waals surface area contributed by atoms with E-state index in [0.717, 1.165) is 16.4 Å². The minimum Gasteiger partial charge on any atom is -0.464 e. The van der Waals surface area contributed by atoms with Gasteiger partial charge in [0.1, 0.15) is 5.82 Å². The standard InChI is InChI=1S/C11H11ClFIN2O5S/c1-21-6-4-15(5-6)22(19,20)16(11(17)18)8-3-2-7(13)10(14)9(8)12/h2-3,6H,4-5H2,1H3,(H,17,18). The number of hydrogen-bond acceptors (Lipinski definition) is 4. The van der Waals surface area contributed by atoms with Crippen LogP contribution in [0.15, 0.2) is 12.1 Å². The highest BCUT2D eigenvalue weighted by Gasteiger charge is 2.43. The molecule has 0 aromatic heterocycles. The molecule has 0 aliphatic carbocycles. The molecule has 122 valence electrons. The molecule has 0 radical (unpaired) electrons. The second kappa shape index (κ2) is 6.43. The molecular formula is C11H11ClFIN2O5S. The van der Waals surface area contributed by atoms with E-state index in [4.69, 9.17) is 16.3 Å². The van der Waals surface area contributed by atoms with E-state index in [1.54, 1.807) is 22.6 Å². The van der Waals surface area contributed by atoms with E-state index in [-0.39, 0.29) is 37.8 Å². The monoisotopic (exact) mass is 464 g/mol. The third kappa shape index (κ3) is 3.02. The number of anilines is 1. The van der Waals surface area contributed by atoms with Crippen molar-refractivity contribution in [3.63, 3.8) is 0 Å². The first kappa shape index (κ1) is 17.7. The molecule has 11 heteroatoms. The lowest BCUT2D eigenvalue weighted by Gasteiger charge is -2.39. The van der Waals surface area contributed by atoms with Gasteiger partial charge in [-0.3, -0.25) is 0 Å². The van der Waals surface area contributed by atoms with Crippen LogP contribution in [0.5, 0.6) is 0 Å². The Morgan fingerprint density at radius 1 is 1.55 bits per heavy atom. The Kier molecular flexibility index (Phi) is 5.16. The highest BCUT2D eigenvalue weighted by molar-refractivity contribution is 14.1. The van der Waals surface area contributed by atoms with Crippen molar-refractivity contribution in [1.29, 1.82) is 0 Å².